The number of alkyl carbamates (subject to hydrolysis) is 1. The minimum Gasteiger partial charge on any atom is -0.450 e. The summed E-state index contributed by atoms with van der Waals surface area (Å²) in [6.45, 7) is 8.26. The Hall–Kier alpha value is -1.11. The summed E-state index contributed by atoms with van der Waals surface area (Å²) in [6.07, 6.45) is -1.79. The number of carbonyl (C=O) groups is 2. The Balaban J connectivity index is 4.59. The van der Waals surface area contributed by atoms with Crippen molar-refractivity contribution in [1.29, 1.82) is 0 Å². The Morgan fingerprint density at radius 1 is 1.11 bits per heavy atom. The van der Waals surface area contributed by atoms with Crippen LogP contribution in [0.4, 0.5) is 9.59 Å². The van der Waals surface area contributed by atoms with Crippen molar-refractivity contribution in [3.63, 3.8) is 0 Å². The summed E-state index contributed by atoms with van der Waals surface area (Å²) in [7, 11) is -3.83. The molecular weight excluding hydrogens is 275 g/mol. The van der Waals surface area contributed by atoms with Gasteiger partial charge in [-0.15, -0.1) is 0 Å². The van der Waals surface area contributed by atoms with Crippen molar-refractivity contribution in [3.05, 3.63) is 0 Å². The fourth-order valence-electron chi connectivity index (χ4n) is 1.04. The molecule has 0 saturated heterocycles. The average molecular weight is 296 g/mol. The molecule has 3 amide bonds. The van der Waals surface area contributed by atoms with E-state index < -0.39 is 32.1 Å². The summed E-state index contributed by atoms with van der Waals surface area (Å²) in [5.41, 5.74) is 0. The summed E-state index contributed by atoms with van der Waals surface area (Å²) in [6, 6.07) is -1.01. The maximum absolute atomic E-state index is 12.2. The van der Waals surface area contributed by atoms with E-state index in [4.69, 9.17) is 9.05 Å². The molecule has 0 saturated carbocycles. The van der Waals surface area contributed by atoms with Gasteiger partial charge in [-0.2, -0.15) is 0 Å². The highest BCUT2D eigenvalue weighted by molar-refractivity contribution is 7.52. The molecule has 0 atom stereocenters. The zero-order chi connectivity index (χ0) is 15.1. The highest BCUT2D eigenvalue weighted by atomic mass is 31.2. The average Bonchev–Trinajstić information content (AvgIpc) is 2.12. The second-order valence-corrected chi connectivity index (χ2v) is 5.73. The molecule has 0 rings (SSSR count). The van der Waals surface area contributed by atoms with Crippen molar-refractivity contribution in [2.75, 3.05) is 6.61 Å². The first-order chi connectivity index (χ1) is 8.68. The molecule has 112 valence electrons. The maximum Gasteiger partial charge on any atom is 0.436 e. The number of urea groups is 1. The molecule has 0 heterocycles. The van der Waals surface area contributed by atoms with E-state index in [0.29, 0.717) is 0 Å². The normalized spacial score (nSPS) is 11.5. The summed E-state index contributed by atoms with van der Waals surface area (Å²) >= 11 is 0. The fourth-order valence-corrected chi connectivity index (χ4v) is 2.61. The molecule has 0 unspecified atom stereocenters. The first-order valence-electron chi connectivity index (χ1n) is 5.91. The maximum atomic E-state index is 12.2. The number of nitrogens with one attached hydrogen (secondary N) is 2. The molecule has 8 nitrogen and oxygen atoms in total. The topological polar surface area (TPSA) is 103 Å². The Morgan fingerprint density at radius 2 is 1.58 bits per heavy atom. The molecule has 0 aromatic carbocycles. The number of imide groups is 1. The molecule has 0 bridgehead atoms. The molecule has 0 aliphatic rings. The molecular formula is C10H21N2O6P. The van der Waals surface area contributed by atoms with E-state index in [0.717, 1.165) is 0 Å². The van der Waals surface area contributed by atoms with E-state index in [9.17, 15) is 14.2 Å². The molecule has 0 aromatic rings. The highest BCUT2D eigenvalue weighted by Gasteiger charge is 2.31. The van der Waals surface area contributed by atoms with E-state index in [1.165, 1.54) is 0 Å². The predicted molar refractivity (Wildman–Crippen MR) is 68.7 cm³/mol. The lowest BCUT2D eigenvalue weighted by atomic mass is 10.5. The third kappa shape index (κ3) is 8.58. The fraction of sp³-hybridized carbons (Fsp3) is 0.800. The number of hydrogen-bond acceptors (Lipinski definition) is 6. The van der Waals surface area contributed by atoms with Crippen molar-refractivity contribution >= 4 is 19.9 Å². The Kier molecular flexibility index (Phi) is 7.66. The van der Waals surface area contributed by atoms with Crippen LogP contribution in [0.3, 0.4) is 0 Å². The lowest BCUT2D eigenvalue weighted by Crippen LogP contribution is -2.39. The molecule has 0 fully saturated rings. The second kappa shape index (κ2) is 8.14. The lowest BCUT2D eigenvalue weighted by molar-refractivity contribution is 0.135. The first kappa shape index (κ1) is 17.9. The largest absolute Gasteiger partial charge is 0.450 e. The molecule has 9 heteroatoms. The van der Waals surface area contributed by atoms with Crippen LogP contribution in [0.15, 0.2) is 0 Å². The van der Waals surface area contributed by atoms with Crippen LogP contribution in [0.1, 0.15) is 34.6 Å². The van der Waals surface area contributed by atoms with Gasteiger partial charge in [0, 0.05) is 0 Å². The standard InChI is InChI=1S/C10H21N2O6P/c1-6-16-10(14)11-9(13)12-19(15,17-7(2)3)18-8(4)5/h7-8H,6H2,1-5H3,(H2,11,12,13,14,15). The van der Waals surface area contributed by atoms with Gasteiger partial charge in [-0.25, -0.2) is 24.6 Å². The van der Waals surface area contributed by atoms with E-state index in [-0.39, 0.29) is 6.61 Å². The third-order valence-corrected chi connectivity index (χ3v) is 3.30. The van der Waals surface area contributed by atoms with Gasteiger partial charge in [0.05, 0.1) is 18.8 Å². The summed E-state index contributed by atoms with van der Waals surface area (Å²) in [4.78, 5) is 22.5. The summed E-state index contributed by atoms with van der Waals surface area (Å²) < 4.78 is 26.9. The van der Waals surface area contributed by atoms with Crippen LogP contribution in [0, 0.1) is 0 Å². The third-order valence-electron chi connectivity index (χ3n) is 1.43. The summed E-state index contributed by atoms with van der Waals surface area (Å²) in [5.74, 6) is 0. The first-order valence-corrected chi connectivity index (χ1v) is 7.45. The number of rotatable bonds is 6. The van der Waals surface area contributed by atoms with Crippen molar-refractivity contribution in [1.82, 2.24) is 10.4 Å². The van der Waals surface area contributed by atoms with Gasteiger partial charge in [0.1, 0.15) is 0 Å². The van der Waals surface area contributed by atoms with E-state index >= 15 is 0 Å². The number of hydrogen-bond donors (Lipinski definition) is 2. The monoisotopic (exact) mass is 296 g/mol. The molecule has 0 aliphatic carbocycles. The lowest BCUT2D eigenvalue weighted by Gasteiger charge is -2.22. The smallest absolute Gasteiger partial charge is 0.436 e. The summed E-state index contributed by atoms with van der Waals surface area (Å²) in [5, 5.41) is 3.85. The van der Waals surface area contributed by atoms with Crippen LogP contribution in [0.5, 0.6) is 0 Å². The van der Waals surface area contributed by atoms with Gasteiger partial charge in [0.15, 0.2) is 0 Å². The van der Waals surface area contributed by atoms with Gasteiger partial charge >= 0.3 is 19.9 Å². The Labute approximate surface area is 112 Å². The molecule has 0 radical (unpaired) electrons. The molecule has 0 aromatic heterocycles. The van der Waals surface area contributed by atoms with Gasteiger partial charge in [0.25, 0.3) is 0 Å². The van der Waals surface area contributed by atoms with Crippen LogP contribution in [-0.2, 0) is 18.3 Å². The SMILES string of the molecule is CCOC(=O)NC(=O)NP(=O)(OC(C)C)OC(C)C. The van der Waals surface area contributed by atoms with E-state index in [1.807, 2.05) is 10.4 Å². The highest BCUT2D eigenvalue weighted by Crippen LogP contribution is 2.46. The Bertz CT molecular complexity index is 344. The molecule has 2 N–H and O–H groups in total. The molecule has 19 heavy (non-hydrogen) atoms. The van der Waals surface area contributed by atoms with Crippen LogP contribution >= 0.6 is 7.75 Å². The molecule has 0 aliphatic heterocycles. The number of amides is 3. The predicted octanol–water partition coefficient (Wildman–Crippen LogP) is 2.40. The quantitative estimate of drug-likeness (QED) is 0.729. The van der Waals surface area contributed by atoms with Crippen molar-refractivity contribution in [2.45, 2.75) is 46.8 Å². The number of carbonyl (C=O) groups excluding carboxylic acids is 2. The van der Waals surface area contributed by atoms with E-state index in [2.05, 4.69) is 4.74 Å². The van der Waals surface area contributed by atoms with Crippen LogP contribution in [-0.4, -0.2) is 30.9 Å². The van der Waals surface area contributed by atoms with Crippen molar-refractivity contribution in [3.8, 4) is 0 Å². The van der Waals surface area contributed by atoms with E-state index in [1.54, 1.807) is 34.6 Å². The Morgan fingerprint density at radius 3 is 1.95 bits per heavy atom. The van der Waals surface area contributed by atoms with Crippen molar-refractivity contribution in [2.24, 2.45) is 0 Å². The zero-order valence-electron chi connectivity index (χ0n) is 11.8. The minimum atomic E-state index is -3.83. The van der Waals surface area contributed by atoms with Gasteiger partial charge in [-0.1, -0.05) is 0 Å². The number of ether oxygens (including phenoxy) is 1. The second-order valence-electron chi connectivity index (χ2n) is 4.09. The minimum absolute atomic E-state index is 0.113. The molecule has 0 spiro atoms. The van der Waals surface area contributed by atoms with Crippen molar-refractivity contribution < 1.29 is 27.9 Å². The van der Waals surface area contributed by atoms with Gasteiger partial charge in [0.2, 0.25) is 0 Å². The van der Waals surface area contributed by atoms with Crippen LogP contribution < -0.4 is 10.4 Å². The van der Waals surface area contributed by atoms with Gasteiger partial charge < -0.3 is 4.74 Å². The van der Waals surface area contributed by atoms with Gasteiger partial charge in [-0.3, -0.25) is 9.05 Å². The van der Waals surface area contributed by atoms with Crippen LogP contribution in [0.25, 0.3) is 0 Å². The van der Waals surface area contributed by atoms with Gasteiger partial charge in [-0.05, 0) is 34.6 Å². The van der Waals surface area contributed by atoms with Crippen LogP contribution in [0.2, 0.25) is 0 Å². The zero-order valence-corrected chi connectivity index (χ0v) is 12.7.